The normalized spacial score (nSPS) is 15.7. The van der Waals surface area contributed by atoms with E-state index in [1.807, 2.05) is 0 Å². The van der Waals surface area contributed by atoms with E-state index in [0.29, 0.717) is 0 Å². The third kappa shape index (κ3) is 3.27. The minimum atomic E-state index is -1.19. The van der Waals surface area contributed by atoms with Crippen LogP contribution in [0.15, 0.2) is 18.2 Å². The van der Waals surface area contributed by atoms with Crippen LogP contribution in [-0.4, -0.2) is 24.0 Å². The van der Waals surface area contributed by atoms with Gasteiger partial charge in [-0.2, -0.15) is 0 Å². The third-order valence-electron chi connectivity index (χ3n) is 2.74. The molecule has 1 amide bonds. The van der Waals surface area contributed by atoms with E-state index in [4.69, 9.17) is 4.74 Å². The number of hydrogen-bond donors (Lipinski definition) is 1. The quantitative estimate of drug-likeness (QED) is 0.848. The van der Waals surface area contributed by atoms with Crippen molar-refractivity contribution in [2.24, 2.45) is 0 Å². The number of amides is 1. The summed E-state index contributed by atoms with van der Waals surface area (Å²) in [6.07, 6.45) is 0.704. The first kappa shape index (κ1) is 13.5. The molecule has 2 rings (SSSR count). The van der Waals surface area contributed by atoms with Gasteiger partial charge in [-0.25, -0.2) is 13.6 Å². The van der Waals surface area contributed by atoms with Crippen LogP contribution in [0.2, 0.25) is 0 Å². The van der Waals surface area contributed by atoms with E-state index in [0.717, 1.165) is 31.0 Å². The maximum Gasteiger partial charge on any atom is 0.344 e. The summed E-state index contributed by atoms with van der Waals surface area (Å²) in [7, 11) is 0. The van der Waals surface area contributed by atoms with Gasteiger partial charge in [0, 0.05) is 6.04 Å². The van der Waals surface area contributed by atoms with Crippen molar-refractivity contribution >= 4 is 11.9 Å². The van der Waals surface area contributed by atoms with Crippen LogP contribution in [-0.2, 0) is 9.53 Å². The Morgan fingerprint density at radius 2 is 1.89 bits per heavy atom. The van der Waals surface area contributed by atoms with E-state index in [1.54, 1.807) is 0 Å². The minimum absolute atomic E-state index is 0.124. The highest BCUT2D eigenvalue weighted by atomic mass is 19.1. The minimum Gasteiger partial charge on any atom is -0.449 e. The Balaban J connectivity index is 2.01. The van der Waals surface area contributed by atoms with E-state index >= 15 is 0 Å². The zero-order valence-corrected chi connectivity index (χ0v) is 10.3. The first-order valence-electron chi connectivity index (χ1n) is 5.94. The number of hydrogen-bond acceptors (Lipinski definition) is 3. The maximum absolute atomic E-state index is 13.3. The monoisotopic (exact) mass is 269 g/mol. The summed E-state index contributed by atoms with van der Waals surface area (Å²) in [6, 6.07) is 3.17. The van der Waals surface area contributed by atoms with Crippen LogP contribution in [0.4, 0.5) is 8.78 Å². The van der Waals surface area contributed by atoms with Crippen LogP contribution >= 0.6 is 0 Å². The van der Waals surface area contributed by atoms with Gasteiger partial charge in [0.15, 0.2) is 6.10 Å². The second kappa shape index (κ2) is 5.34. The highest BCUT2D eigenvalue weighted by Gasteiger charge is 2.28. The number of carbonyl (C=O) groups is 2. The molecule has 0 aliphatic heterocycles. The second-order valence-electron chi connectivity index (χ2n) is 4.43. The lowest BCUT2D eigenvalue weighted by molar-refractivity contribution is -0.129. The Hall–Kier alpha value is -1.98. The van der Waals surface area contributed by atoms with Crippen molar-refractivity contribution in [1.82, 2.24) is 5.32 Å². The van der Waals surface area contributed by atoms with E-state index < -0.39 is 35.2 Å². The molecule has 1 saturated carbocycles. The van der Waals surface area contributed by atoms with E-state index in [2.05, 4.69) is 5.32 Å². The van der Waals surface area contributed by atoms with E-state index in [9.17, 15) is 18.4 Å². The molecule has 0 unspecified atom stereocenters. The summed E-state index contributed by atoms with van der Waals surface area (Å²) in [5, 5.41) is 2.64. The molecule has 6 heteroatoms. The summed E-state index contributed by atoms with van der Waals surface area (Å²) in [5.41, 5.74) is -0.784. The number of ether oxygens (including phenoxy) is 1. The van der Waals surface area contributed by atoms with Gasteiger partial charge in [0.2, 0.25) is 0 Å². The fourth-order valence-corrected chi connectivity index (χ4v) is 1.51. The second-order valence-corrected chi connectivity index (χ2v) is 4.43. The summed E-state index contributed by atoms with van der Waals surface area (Å²) < 4.78 is 31.4. The number of nitrogens with one attached hydrogen (secondary N) is 1. The van der Waals surface area contributed by atoms with E-state index in [1.165, 1.54) is 6.92 Å². The molecule has 0 radical (unpaired) electrons. The van der Waals surface area contributed by atoms with Crippen LogP contribution in [0.3, 0.4) is 0 Å². The lowest BCUT2D eigenvalue weighted by atomic mass is 10.2. The lowest BCUT2D eigenvalue weighted by Crippen LogP contribution is -2.37. The summed E-state index contributed by atoms with van der Waals surface area (Å²) in [5.74, 6) is -3.68. The zero-order valence-electron chi connectivity index (χ0n) is 10.3. The van der Waals surface area contributed by atoms with Crippen molar-refractivity contribution in [1.29, 1.82) is 0 Å². The fourth-order valence-electron chi connectivity index (χ4n) is 1.51. The summed E-state index contributed by atoms with van der Waals surface area (Å²) in [4.78, 5) is 23.2. The SMILES string of the molecule is C[C@H](OC(=O)c1c(F)cccc1F)C(=O)NC1CC1. The molecule has 102 valence electrons. The average Bonchev–Trinajstić information content (AvgIpc) is 3.12. The van der Waals surface area contributed by atoms with Gasteiger partial charge in [-0.05, 0) is 31.9 Å². The van der Waals surface area contributed by atoms with Gasteiger partial charge in [0.1, 0.15) is 17.2 Å². The van der Waals surface area contributed by atoms with Crippen molar-refractivity contribution in [2.75, 3.05) is 0 Å². The van der Waals surface area contributed by atoms with Crippen molar-refractivity contribution in [2.45, 2.75) is 31.9 Å². The van der Waals surface area contributed by atoms with Crippen molar-refractivity contribution in [3.63, 3.8) is 0 Å². The molecule has 0 aromatic heterocycles. The molecule has 1 aliphatic rings. The lowest BCUT2D eigenvalue weighted by Gasteiger charge is -2.13. The first-order chi connectivity index (χ1) is 8.99. The van der Waals surface area contributed by atoms with Gasteiger partial charge >= 0.3 is 5.97 Å². The van der Waals surface area contributed by atoms with Gasteiger partial charge in [-0.15, -0.1) is 0 Å². The molecule has 19 heavy (non-hydrogen) atoms. The van der Waals surface area contributed by atoms with Crippen molar-refractivity contribution in [3.05, 3.63) is 35.4 Å². The predicted octanol–water partition coefficient (Wildman–Crippen LogP) is 1.79. The molecule has 0 heterocycles. The van der Waals surface area contributed by atoms with Gasteiger partial charge in [-0.3, -0.25) is 4.79 Å². The smallest absolute Gasteiger partial charge is 0.344 e. The first-order valence-corrected chi connectivity index (χ1v) is 5.94. The highest BCUT2D eigenvalue weighted by molar-refractivity contribution is 5.92. The van der Waals surface area contributed by atoms with Gasteiger partial charge in [0.25, 0.3) is 5.91 Å². The van der Waals surface area contributed by atoms with Gasteiger partial charge in [-0.1, -0.05) is 6.07 Å². The number of carbonyl (C=O) groups excluding carboxylic acids is 2. The summed E-state index contributed by atoms with van der Waals surface area (Å²) >= 11 is 0. The molecule has 1 fully saturated rings. The van der Waals surface area contributed by atoms with E-state index in [-0.39, 0.29) is 6.04 Å². The molecule has 1 aliphatic carbocycles. The Labute approximate surface area is 108 Å². The van der Waals surface area contributed by atoms with Crippen molar-refractivity contribution in [3.8, 4) is 0 Å². The van der Waals surface area contributed by atoms with Crippen molar-refractivity contribution < 1.29 is 23.1 Å². The maximum atomic E-state index is 13.3. The predicted molar refractivity (Wildman–Crippen MR) is 62.4 cm³/mol. The number of benzene rings is 1. The molecular formula is C13H13F2NO3. The molecule has 0 spiro atoms. The molecule has 1 aromatic rings. The topological polar surface area (TPSA) is 55.4 Å². The fraction of sp³-hybridized carbons (Fsp3) is 0.385. The largest absolute Gasteiger partial charge is 0.449 e. The highest BCUT2D eigenvalue weighted by Crippen LogP contribution is 2.19. The Morgan fingerprint density at radius 1 is 1.32 bits per heavy atom. The molecule has 1 N–H and O–H groups in total. The van der Waals surface area contributed by atoms with Gasteiger partial charge in [0.05, 0.1) is 0 Å². The number of esters is 1. The molecule has 0 saturated heterocycles. The van der Waals surface area contributed by atoms with Crippen LogP contribution < -0.4 is 5.32 Å². The Morgan fingerprint density at radius 3 is 2.42 bits per heavy atom. The third-order valence-corrected chi connectivity index (χ3v) is 2.74. The van der Waals surface area contributed by atoms with Crippen LogP contribution in [0.1, 0.15) is 30.1 Å². The Kier molecular flexibility index (Phi) is 3.78. The van der Waals surface area contributed by atoms with Crippen LogP contribution in [0.25, 0.3) is 0 Å². The molecule has 1 atom stereocenters. The number of rotatable bonds is 4. The number of halogens is 2. The average molecular weight is 269 g/mol. The molecule has 0 bridgehead atoms. The van der Waals surface area contributed by atoms with Crippen LogP contribution in [0, 0.1) is 11.6 Å². The van der Waals surface area contributed by atoms with Gasteiger partial charge < -0.3 is 10.1 Å². The molecule has 1 aromatic carbocycles. The van der Waals surface area contributed by atoms with Crippen LogP contribution in [0.5, 0.6) is 0 Å². The summed E-state index contributed by atoms with van der Waals surface area (Å²) in [6.45, 7) is 1.36. The zero-order chi connectivity index (χ0) is 14.0. The standard InChI is InChI=1S/C13H13F2NO3/c1-7(12(17)16-8-5-6-8)19-13(18)11-9(14)3-2-4-10(11)15/h2-4,7-8H,5-6H2,1H3,(H,16,17)/t7-/m0/s1. The molecular weight excluding hydrogens is 256 g/mol. The Bertz CT molecular complexity index is 494. The molecule has 4 nitrogen and oxygen atoms in total.